The lowest BCUT2D eigenvalue weighted by Gasteiger charge is -2.07. The van der Waals surface area contributed by atoms with Crippen LogP contribution in [0.3, 0.4) is 0 Å². The normalized spacial score (nSPS) is 19.4. The van der Waals surface area contributed by atoms with E-state index in [-0.39, 0.29) is 17.4 Å². The molecular formula is C15H16N2O4S2. The third-order valence-corrected chi connectivity index (χ3v) is 6.25. The monoisotopic (exact) mass is 352 g/mol. The smallest absolute Gasteiger partial charge is 0.230 e. The summed E-state index contributed by atoms with van der Waals surface area (Å²) in [7, 11) is -1.48. The first-order valence-electron chi connectivity index (χ1n) is 7.09. The summed E-state index contributed by atoms with van der Waals surface area (Å²) >= 11 is 1.30. The van der Waals surface area contributed by atoms with Gasteiger partial charge in [0.25, 0.3) is 0 Å². The lowest BCUT2D eigenvalue weighted by Crippen LogP contribution is -2.23. The van der Waals surface area contributed by atoms with E-state index in [1.54, 1.807) is 7.11 Å². The highest BCUT2D eigenvalue weighted by Crippen LogP contribution is 2.32. The van der Waals surface area contributed by atoms with E-state index in [1.165, 1.54) is 11.3 Å². The molecule has 1 aliphatic rings. The lowest BCUT2D eigenvalue weighted by atomic mass is 10.1. The van der Waals surface area contributed by atoms with Crippen LogP contribution < -0.4 is 10.1 Å². The van der Waals surface area contributed by atoms with Crippen molar-refractivity contribution in [1.82, 2.24) is 4.98 Å². The molecule has 2 aromatic rings. The molecule has 122 valence electrons. The first kappa shape index (κ1) is 15.9. The zero-order chi connectivity index (χ0) is 16.4. The van der Waals surface area contributed by atoms with Crippen LogP contribution in [0.5, 0.6) is 5.75 Å². The molecule has 0 radical (unpaired) electrons. The fraction of sp³-hybridized carbons (Fsp3) is 0.333. The van der Waals surface area contributed by atoms with Gasteiger partial charge in [0.05, 0.1) is 30.2 Å². The lowest BCUT2D eigenvalue weighted by molar-refractivity contribution is -0.119. The molecule has 1 amide bonds. The number of nitrogens with zero attached hydrogens (tertiary/aromatic N) is 1. The van der Waals surface area contributed by atoms with Gasteiger partial charge >= 0.3 is 0 Å². The molecule has 6 nitrogen and oxygen atoms in total. The number of carbonyl (C=O) groups is 1. The maximum absolute atomic E-state index is 12.1. The van der Waals surface area contributed by atoms with Crippen LogP contribution in [0.15, 0.2) is 29.6 Å². The molecule has 0 bridgehead atoms. The number of nitrogens with one attached hydrogen (secondary N) is 1. The minimum absolute atomic E-state index is 0.0788. The number of sulfone groups is 1. The van der Waals surface area contributed by atoms with E-state index < -0.39 is 15.8 Å². The minimum Gasteiger partial charge on any atom is -0.496 e. The Labute approximate surface area is 138 Å². The van der Waals surface area contributed by atoms with E-state index in [0.29, 0.717) is 23.0 Å². The molecule has 1 N–H and O–H groups in total. The molecule has 1 aromatic carbocycles. The summed E-state index contributed by atoms with van der Waals surface area (Å²) in [6, 6.07) is 7.50. The van der Waals surface area contributed by atoms with Gasteiger partial charge in [-0.05, 0) is 18.6 Å². The highest BCUT2D eigenvalue weighted by Gasteiger charge is 2.33. The van der Waals surface area contributed by atoms with Crippen molar-refractivity contribution in [3.05, 3.63) is 29.6 Å². The van der Waals surface area contributed by atoms with Crippen LogP contribution in [0.4, 0.5) is 5.13 Å². The van der Waals surface area contributed by atoms with Gasteiger partial charge in [0, 0.05) is 10.9 Å². The summed E-state index contributed by atoms with van der Waals surface area (Å²) in [4.78, 5) is 16.5. The fourth-order valence-electron chi connectivity index (χ4n) is 2.52. The summed E-state index contributed by atoms with van der Waals surface area (Å²) in [5, 5.41) is 5.00. The van der Waals surface area contributed by atoms with E-state index in [9.17, 15) is 13.2 Å². The van der Waals surface area contributed by atoms with Gasteiger partial charge in [-0.15, -0.1) is 11.3 Å². The molecule has 0 saturated carbocycles. The molecule has 1 fully saturated rings. The molecule has 0 aliphatic carbocycles. The number of amides is 1. The largest absolute Gasteiger partial charge is 0.496 e. The Morgan fingerprint density at radius 1 is 1.39 bits per heavy atom. The van der Waals surface area contributed by atoms with E-state index in [1.807, 2.05) is 29.6 Å². The second kappa shape index (κ2) is 6.29. The predicted molar refractivity (Wildman–Crippen MR) is 89.5 cm³/mol. The Balaban J connectivity index is 1.74. The standard InChI is InChI=1S/C15H16N2O4S2/c1-21-13-5-3-2-4-11(13)12-8-22-15(16-12)17-14(18)10-6-7-23(19,20)9-10/h2-5,8,10H,6-7,9H2,1H3,(H,16,17,18). The van der Waals surface area contributed by atoms with Gasteiger partial charge in [-0.2, -0.15) is 0 Å². The maximum atomic E-state index is 12.1. The number of para-hydroxylation sites is 1. The number of benzene rings is 1. The second-order valence-corrected chi connectivity index (χ2v) is 8.41. The Hall–Kier alpha value is -1.93. The van der Waals surface area contributed by atoms with Gasteiger partial charge in [-0.1, -0.05) is 12.1 Å². The number of aromatic nitrogens is 1. The maximum Gasteiger partial charge on any atom is 0.230 e. The van der Waals surface area contributed by atoms with E-state index in [0.717, 1.165) is 5.56 Å². The van der Waals surface area contributed by atoms with Crippen LogP contribution in [0.2, 0.25) is 0 Å². The second-order valence-electron chi connectivity index (χ2n) is 5.33. The Bertz CT molecular complexity index is 830. The van der Waals surface area contributed by atoms with Gasteiger partial charge < -0.3 is 10.1 Å². The van der Waals surface area contributed by atoms with Crippen LogP contribution in [-0.2, 0) is 14.6 Å². The summed E-state index contributed by atoms with van der Waals surface area (Å²) < 4.78 is 28.2. The molecule has 1 saturated heterocycles. The quantitative estimate of drug-likeness (QED) is 0.912. The van der Waals surface area contributed by atoms with Crippen LogP contribution in [0, 0.1) is 5.92 Å². The Morgan fingerprint density at radius 3 is 2.87 bits per heavy atom. The molecule has 1 atom stereocenters. The molecule has 3 rings (SSSR count). The molecule has 8 heteroatoms. The van der Waals surface area contributed by atoms with Gasteiger partial charge in [0.2, 0.25) is 5.91 Å². The average Bonchev–Trinajstić information content (AvgIpc) is 3.13. The van der Waals surface area contributed by atoms with Crippen molar-refractivity contribution in [3.63, 3.8) is 0 Å². The summed E-state index contributed by atoms with van der Waals surface area (Å²) in [6.07, 6.45) is 0.374. The van der Waals surface area contributed by atoms with E-state index in [4.69, 9.17) is 4.74 Å². The molecule has 1 aromatic heterocycles. The number of hydrogen-bond donors (Lipinski definition) is 1. The number of hydrogen-bond acceptors (Lipinski definition) is 6. The summed E-state index contributed by atoms with van der Waals surface area (Å²) in [5.74, 6) is -0.0675. The highest BCUT2D eigenvalue weighted by atomic mass is 32.2. The first-order chi connectivity index (χ1) is 11.0. The molecule has 23 heavy (non-hydrogen) atoms. The van der Waals surface area contributed by atoms with Crippen molar-refractivity contribution in [2.45, 2.75) is 6.42 Å². The van der Waals surface area contributed by atoms with E-state index in [2.05, 4.69) is 10.3 Å². The van der Waals surface area contributed by atoms with Gasteiger partial charge in [0.15, 0.2) is 15.0 Å². The number of thiazole rings is 1. The van der Waals surface area contributed by atoms with Crippen molar-refractivity contribution >= 4 is 32.2 Å². The van der Waals surface area contributed by atoms with Crippen LogP contribution in [-0.4, -0.2) is 37.9 Å². The van der Waals surface area contributed by atoms with Crippen molar-refractivity contribution in [2.75, 3.05) is 23.9 Å². The zero-order valence-corrected chi connectivity index (χ0v) is 14.1. The summed E-state index contributed by atoms with van der Waals surface area (Å²) in [5.41, 5.74) is 1.55. The van der Waals surface area contributed by atoms with Crippen LogP contribution in [0.25, 0.3) is 11.3 Å². The van der Waals surface area contributed by atoms with Gasteiger partial charge in [0.1, 0.15) is 5.75 Å². The Morgan fingerprint density at radius 2 is 2.17 bits per heavy atom. The average molecular weight is 352 g/mol. The van der Waals surface area contributed by atoms with Gasteiger partial charge in [-0.3, -0.25) is 4.79 Å². The number of anilines is 1. The predicted octanol–water partition coefficient (Wildman–Crippen LogP) is 2.19. The number of carbonyl (C=O) groups excluding carboxylic acids is 1. The van der Waals surface area contributed by atoms with Crippen molar-refractivity contribution < 1.29 is 17.9 Å². The van der Waals surface area contributed by atoms with Crippen molar-refractivity contribution in [2.24, 2.45) is 5.92 Å². The Kier molecular flexibility index (Phi) is 4.36. The SMILES string of the molecule is COc1ccccc1-c1csc(NC(=O)C2CCS(=O)(=O)C2)n1. The molecular weight excluding hydrogens is 336 g/mol. The zero-order valence-electron chi connectivity index (χ0n) is 12.5. The highest BCUT2D eigenvalue weighted by molar-refractivity contribution is 7.91. The third kappa shape index (κ3) is 3.53. The van der Waals surface area contributed by atoms with Crippen molar-refractivity contribution in [3.8, 4) is 17.0 Å². The van der Waals surface area contributed by atoms with Crippen LogP contribution in [0.1, 0.15) is 6.42 Å². The first-order valence-corrected chi connectivity index (χ1v) is 9.79. The molecule has 1 aliphatic heterocycles. The summed E-state index contributed by atoms with van der Waals surface area (Å²) in [6.45, 7) is 0. The number of methoxy groups -OCH3 is 1. The third-order valence-electron chi connectivity index (χ3n) is 3.72. The molecule has 2 heterocycles. The number of ether oxygens (including phenoxy) is 1. The molecule has 1 unspecified atom stereocenters. The van der Waals surface area contributed by atoms with Gasteiger partial charge in [-0.25, -0.2) is 13.4 Å². The topological polar surface area (TPSA) is 85.4 Å². The fourth-order valence-corrected chi connectivity index (χ4v) is 4.98. The van der Waals surface area contributed by atoms with Crippen LogP contribution >= 0.6 is 11.3 Å². The number of rotatable bonds is 4. The minimum atomic E-state index is -3.07. The van der Waals surface area contributed by atoms with Crippen molar-refractivity contribution in [1.29, 1.82) is 0 Å². The van der Waals surface area contributed by atoms with E-state index >= 15 is 0 Å². The molecule has 0 spiro atoms.